The Labute approximate surface area is 221 Å². The molecule has 0 atom stereocenters. The van der Waals surface area contributed by atoms with Crippen molar-refractivity contribution in [2.75, 3.05) is 0 Å². The molecule has 1 amide bonds. The molecular formula is C25H34NNaO5S. The second-order valence-electron chi connectivity index (χ2n) is 9.12. The number of hydrogen-bond acceptors (Lipinski definition) is 5. The zero-order valence-electron chi connectivity index (χ0n) is 21.2. The van der Waals surface area contributed by atoms with Gasteiger partial charge in [-0.25, -0.2) is 8.42 Å². The van der Waals surface area contributed by atoms with Crippen LogP contribution < -0.4 is 38.5 Å². The molecule has 176 valence electrons. The maximum absolute atomic E-state index is 12.7. The molecule has 2 aromatic carbocycles. The van der Waals surface area contributed by atoms with Crippen molar-refractivity contribution in [3.8, 4) is 11.5 Å². The Bertz CT molecular complexity index is 1010. The Morgan fingerprint density at radius 2 is 1.03 bits per heavy atom. The summed E-state index contributed by atoms with van der Waals surface area (Å²) >= 11 is 0. The van der Waals surface area contributed by atoms with Crippen molar-refractivity contribution in [2.45, 2.75) is 79.1 Å². The number of ether oxygens (including phenoxy) is 1. The minimum Gasteiger partial charge on any atom is -0.476 e. The van der Waals surface area contributed by atoms with Gasteiger partial charge in [0.1, 0.15) is 11.5 Å². The molecule has 0 aromatic heterocycles. The molecule has 8 heteroatoms. The molecule has 6 nitrogen and oxygen atoms in total. The molecule has 0 aliphatic carbocycles. The van der Waals surface area contributed by atoms with Crippen molar-refractivity contribution < 1.29 is 51.7 Å². The predicted molar refractivity (Wildman–Crippen MR) is 128 cm³/mol. The van der Waals surface area contributed by atoms with Crippen LogP contribution in [0.25, 0.3) is 4.72 Å². The van der Waals surface area contributed by atoms with Crippen LogP contribution in [0.3, 0.4) is 0 Å². The Balaban J connectivity index is 0.00000544. The monoisotopic (exact) mass is 483 g/mol. The summed E-state index contributed by atoms with van der Waals surface area (Å²) in [5.41, 5.74) is 3.09. The molecule has 0 N–H and O–H groups in total. The van der Waals surface area contributed by atoms with Gasteiger partial charge in [0.2, 0.25) is 6.09 Å². The zero-order chi connectivity index (χ0) is 24.2. The van der Waals surface area contributed by atoms with Crippen LogP contribution in [0.5, 0.6) is 11.5 Å². The molecular weight excluding hydrogens is 449 g/mol. The van der Waals surface area contributed by atoms with Crippen LogP contribution >= 0.6 is 0 Å². The van der Waals surface area contributed by atoms with E-state index in [2.05, 4.69) is 4.72 Å². The number of carbonyl (C=O) groups is 1. The molecule has 0 aliphatic rings. The van der Waals surface area contributed by atoms with E-state index < -0.39 is 16.4 Å². The summed E-state index contributed by atoms with van der Waals surface area (Å²) in [6.07, 6.45) is -1.23. The fourth-order valence-electron chi connectivity index (χ4n) is 3.50. The molecule has 2 rings (SSSR count). The number of nitrogens with zero attached hydrogens (tertiary/aromatic N) is 1. The van der Waals surface area contributed by atoms with E-state index in [1.165, 1.54) is 0 Å². The van der Waals surface area contributed by atoms with Crippen LogP contribution in [-0.4, -0.2) is 14.5 Å². The molecule has 0 fully saturated rings. The molecule has 2 aromatic rings. The average Bonchev–Trinajstić information content (AvgIpc) is 2.66. The summed E-state index contributed by atoms with van der Waals surface area (Å²) in [5, 5.41) is 0. The molecule has 0 heterocycles. The van der Waals surface area contributed by atoms with Gasteiger partial charge in [0.15, 0.2) is 0 Å². The summed E-state index contributed by atoms with van der Waals surface area (Å²) in [6, 6.07) is 11.1. The van der Waals surface area contributed by atoms with E-state index in [0.717, 1.165) is 22.3 Å². The normalized spacial score (nSPS) is 11.6. The maximum Gasteiger partial charge on any atom is 1.00 e. The van der Waals surface area contributed by atoms with Crippen LogP contribution in [0, 0.1) is 0 Å². The average molecular weight is 484 g/mol. The van der Waals surface area contributed by atoms with Crippen molar-refractivity contribution in [1.29, 1.82) is 0 Å². The summed E-state index contributed by atoms with van der Waals surface area (Å²) in [4.78, 5) is 12.6. The molecule has 0 bridgehead atoms. The first-order chi connectivity index (χ1) is 14.8. The standard InChI is InChI=1S/C25H35NO5S.Na/c1-15(2)19-11-9-12-20(16(3)4)23(19)30-25(27)26-32(28,29)31-24-21(17(5)6)13-10-14-22(24)18(7)8;/h9-18H,1-8H3,(H,26,27);/q;+1/p-1. The number of benzene rings is 2. The van der Waals surface area contributed by atoms with Crippen LogP contribution in [-0.2, 0) is 10.3 Å². The largest absolute Gasteiger partial charge is 1.00 e. The molecule has 0 unspecified atom stereocenters. The van der Waals surface area contributed by atoms with Gasteiger partial charge in [-0.2, -0.15) is 0 Å². The van der Waals surface area contributed by atoms with Crippen LogP contribution in [0.1, 0.15) is 101 Å². The van der Waals surface area contributed by atoms with Gasteiger partial charge in [0, 0.05) is 0 Å². The van der Waals surface area contributed by atoms with E-state index in [4.69, 9.17) is 8.92 Å². The van der Waals surface area contributed by atoms with Gasteiger partial charge >= 0.3 is 29.6 Å². The van der Waals surface area contributed by atoms with Gasteiger partial charge in [-0.05, 0) is 45.9 Å². The molecule has 0 radical (unpaired) electrons. The Morgan fingerprint density at radius 1 is 0.697 bits per heavy atom. The van der Waals surface area contributed by atoms with Crippen molar-refractivity contribution in [3.05, 3.63) is 63.4 Å². The van der Waals surface area contributed by atoms with Crippen molar-refractivity contribution in [1.82, 2.24) is 0 Å². The van der Waals surface area contributed by atoms with E-state index in [1.54, 1.807) is 0 Å². The smallest absolute Gasteiger partial charge is 0.476 e. The van der Waals surface area contributed by atoms with Gasteiger partial charge in [0.25, 0.3) is 10.3 Å². The Kier molecular flexibility index (Phi) is 10.9. The number of amides is 1. The van der Waals surface area contributed by atoms with Gasteiger partial charge in [-0.3, -0.25) is 4.79 Å². The summed E-state index contributed by atoms with van der Waals surface area (Å²) < 4.78 is 39.5. The van der Waals surface area contributed by atoms with Gasteiger partial charge in [-0.15, -0.1) is 0 Å². The third kappa shape index (κ3) is 7.74. The first-order valence-corrected chi connectivity index (χ1v) is 12.3. The van der Waals surface area contributed by atoms with E-state index in [9.17, 15) is 13.2 Å². The third-order valence-corrected chi connectivity index (χ3v) is 5.95. The van der Waals surface area contributed by atoms with Crippen molar-refractivity contribution >= 4 is 16.4 Å². The molecule has 33 heavy (non-hydrogen) atoms. The summed E-state index contributed by atoms with van der Waals surface area (Å²) in [7, 11) is -4.58. The van der Waals surface area contributed by atoms with Gasteiger partial charge in [-0.1, -0.05) is 91.8 Å². The van der Waals surface area contributed by atoms with Crippen LogP contribution in [0.4, 0.5) is 4.79 Å². The third-order valence-electron chi connectivity index (χ3n) is 5.20. The quantitative estimate of drug-likeness (QED) is 0.520. The number of para-hydroxylation sites is 2. The molecule has 0 saturated carbocycles. The van der Waals surface area contributed by atoms with E-state index in [1.807, 2.05) is 91.8 Å². The van der Waals surface area contributed by atoms with Crippen LogP contribution in [0.2, 0.25) is 0 Å². The zero-order valence-corrected chi connectivity index (χ0v) is 24.0. The van der Waals surface area contributed by atoms with Crippen LogP contribution in [0.15, 0.2) is 36.4 Å². The number of hydrogen-bond donors (Lipinski definition) is 0. The second kappa shape index (κ2) is 12.2. The topological polar surface area (TPSA) is 83.8 Å². The van der Waals surface area contributed by atoms with E-state index in [0.29, 0.717) is 5.75 Å². The van der Waals surface area contributed by atoms with Crippen molar-refractivity contribution in [3.63, 3.8) is 0 Å². The fourth-order valence-corrected chi connectivity index (χ4v) is 4.16. The molecule has 0 aliphatic heterocycles. The Morgan fingerprint density at radius 3 is 1.36 bits per heavy atom. The SMILES string of the molecule is CC(C)c1cccc(C(C)C)c1OC(=O)[N-]S(=O)(=O)Oc1c(C(C)C)cccc1C(C)C.[Na+]. The number of rotatable bonds is 8. The minimum atomic E-state index is -4.58. The van der Waals surface area contributed by atoms with Crippen molar-refractivity contribution in [2.24, 2.45) is 0 Å². The molecule has 0 saturated heterocycles. The minimum absolute atomic E-state index is 0. The first kappa shape index (κ1) is 29.5. The van der Waals surface area contributed by atoms with Gasteiger partial charge < -0.3 is 13.6 Å². The first-order valence-electron chi connectivity index (χ1n) is 11.0. The van der Waals surface area contributed by atoms with E-state index in [-0.39, 0.29) is 59.0 Å². The summed E-state index contributed by atoms with van der Waals surface area (Å²) in [6.45, 7) is 15.7. The maximum atomic E-state index is 12.7. The second-order valence-corrected chi connectivity index (χ2v) is 10.3. The van der Waals surface area contributed by atoms with E-state index >= 15 is 0 Å². The number of carbonyl (C=O) groups excluding carboxylic acids is 1. The Hall–Kier alpha value is -1.54. The summed E-state index contributed by atoms with van der Waals surface area (Å²) in [5.74, 6) is 0.785. The predicted octanol–water partition coefficient (Wildman–Crippen LogP) is 4.38. The molecule has 0 spiro atoms. The fraction of sp³-hybridized carbons (Fsp3) is 0.480. The van der Waals surface area contributed by atoms with Gasteiger partial charge in [0.05, 0.1) is 0 Å².